The molecule has 0 saturated heterocycles. The number of benzene rings is 2. The van der Waals surface area contributed by atoms with Crippen LogP contribution in [-0.2, 0) is 16.6 Å². The molecule has 0 radical (unpaired) electrons. The zero-order chi connectivity index (χ0) is 18.6. The van der Waals surface area contributed by atoms with E-state index in [9.17, 15) is 8.42 Å². The molecule has 1 aliphatic rings. The van der Waals surface area contributed by atoms with Crippen molar-refractivity contribution in [3.05, 3.63) is 59.7 Å². The second-order valence-corrected chi connectivity index (χ2v) is 8.26. The maximum Gasteiger partial charge on any atom is 0.209 e. The lowest BCUT2D eigenvalue weighted by Crippen LogP contribution is -2.38. The zero-order valence-corrected chi connectivity index (χ0v) is 15.8. The fraction of sp³-hybridized carbons (Fsp3) is 0.368. The minimum atomic E-state index is -3.22. The summed E-state index contributed by atoms with van der Waals surface area (Å²) in [6.07, 6.45) is 1.14. The molecular formula is C19H24N2O4S. The number of rotatable bonds is 7. The maximum atomic E-state index is 11.3. The van der Waals surface area contributed by atoms with Crippen molar-refractivity contribution in [3.63, 3.8) is 0 Å². The average Bonchev–Trinajstić information content (AvgIpc) is 2.61. The van der Waals surface area contributed by atoms with Crippen molar-refractivity contribution in [2.75, 3.05) is 19.4 Å². The van der Waals surface area contributed by atoms with Crippen LogP contribution in [0.4, 0.5) is 0 Å². The van der Waals surface area contributed by atoms with Gasteiger partial charge >= 0.3 is 0 Å². The number of ether oxygens (including phenoxy) is 2. The van der Waals surface area contributed by atoms with Crippen LogP contribution in [0.25, 0.3) is 0 Å². The number of nitrogens with one attached hydrogen (secondary N) is 2. The second-order valence-electron chi connectivity index (χ2n) is 6.48. The summed E-state index contributed by atoms with van der Waals surface area (Å²) in [5.74, 6) is 1.57. The van der Waals surface area contributed by atoms with Crippen LogP contribution in [0, 0.1) is 0 Å². The highest BCUT2D eigenvalue weighted by Crippen LogP contribution is 2.30. The number of sulfonamides is 1. The third-order valence-electron chi connectivity index (χ3n) is 4.14. The minimum Gasteiger partial charge on any atom is -0.486 e. The highest BCUT2D eigenvalue weighted by atomic mass is 32.2. The molecule has 2 N–H and O–H groups in total. The Labute approximate surface area is 154 Å². The van der Waals surface area contributed by atoms with Crippen molar-refractivity contribution in [3.8, 4) is 11.5 Å². The molecule has 0 aliphatic carbocycles. The summed E-state index contributed by atoms with van der Waals surface area (Å²) in [6.45, 7) is 3.74. The molecule has 0 saturated carbocycles. The third kappa shape index (κ3) is 5.20. The van der Waals surface area contributed by atoms with E-state index in [1.54, 1.807) is 0 Å². The van der Waals surface area contributed by atoms with Crippen LogP contribution in [0.3, 0.4) is 0 Å². The summed E-state index contributed by atoms with van der Waals surface area (Å²) in [4.78, 5) is 0. The summed E-state index contributed by atoms with van der Waals surface area (Å²) in [5, 5.41) is 3.37. The van der Waals surface area contributed by atoms with Gasteiger partial charge in [-0.15, -0.1) is 0 Å². The van der Waals surface area contributed by atoms with E-state index in [2.05, 4.69) is 10.0 Å². The van der Waals surface area contributed by atoms with Gasteiger partial charge in [-0.25, -0.2) is 13.1 Å². The molecule has 0 spiro atoms. The molecule has 140 valence electrons. The monoisotopic (exact) mass is 376 g/mol. The van der Waals surface area contributed by atoms with Crippen molar-refractivity contribution >= 4 is 10.0 Å². The number of hydrogen-bond acceptors (Lipinski definition) is 5. The van der Waals surface area contributed by atoms with Gasteiger partial charge in [0.1, 0.15) is 12.7 Å². The summed E-state index contributed by atoms with van der Waals surface area (Å²) in [5.41, 5.74) is 2.05. The van der Waals surface area contributed by atoms with Crippen molar-refractivity contribution in [2.45, 2.75) is 25.6 Å². The van der Waals surface area contributed by atoms with Crippen molar-refractivity contribution in [1.82, 2.24) is 10.0 Å². The van der Waals surface area contributed by atoms with Crippen LogP contribution < -0.4 is 19.5 Å². The molecule has 0 amide bonds. The van der Waals surface area contributed by atoms with Gasteiger partial charge in [-0.3, -0.25) is 0 Å². The molecule has 3 rings (SSSR count). The molecule has 2 atom stereocenters. The predicted molar refractivity (Wildman–Crippen MR) is 101 cm³/mol. The fourth-order valence-electron chi connectivity index (χ4n) is 2.85. The molecule has 26 heavy (non-hydrogen) atoms. The molecule has 2 aromatic carbocycles. The molecule has 0 bridgehead atoms. The Morgan fingerprint density at radius 3 is 2.50 bits per heavy atom. The highest BCUT2D eigenvalue weighted by Gasteiger charge is 2.20. The Morgan fingerprint density at radius 2 is 1.81 bits per heavy atom. The van der Waals surface area contributed by atoms with Crippen LogP contribution in [0.1, 0.15) is 24.1 Å². The number of hydrogen-bond donors (Lipinski definition) is 2. The van der Waals surface area contributed by atoms with Crippen LogP contribution in [-0.4, -0.2) is 33.9 Å². The standard InChI is InChI=1S/C19H24N2O4S/c1-14(21-26(2,22)23)16-9-7-15(8-10-16)11-20-12-17-13-24-18-5-3-4-6-19(18)25-17/h3-10,14,17,20-21H,11-13H2,1-2H3/t14-,17-/m1/s1. The van der Waals surface area contributed by atoms with Gasteiger partial charge in [-0.05, 0) is 30.2 Å². The van der Waals surface area contributed by atoms with E-state index in [1.807, 2.05) is 55.5 Å². The van der Waals surface area contributed by atoms with E-state index >= 15 is 0 Å². The fourth-order valence-corrected chi connectivity index (χ4v) is 3.63. The first-order chi connectivity index (χ1) is 12.4. The average molecular weight is 376 g/mol. The summed E-state index contributed by atoms with van der Waals surface area (Å²) < 4.78 is 36.8. The van der Waals surface area contributed by atoms with E-state index in [0.717, 1.165) is 28.9 Å². The minimum absolute atomic E-state index is 0.0249. The van der Waals surface area contributed by atoms with Gasteiger partial charge in [-0.2, -0.15) is 0 Å². The normalized spacial score (nSPS) is 17.7. The Balaban J connectivity index is 1.47. The third-order valence-corrected chi connectivity index (χ3v) is 4.92. The van der Waals surface area contributed by atoms with Gasteiger partial charge in [0.2, 0.25) is 10.0 Å². The van der Waals surface area contributed by atoms with Gasteiger partial charge in [0.05, 0.1) is 6.26 Å². The van der Waals surface area contributed by atoms with Crippen LogP contribution >= 0.6 is 0 Å². The number of para-hydroxylation sites is 2. The molecule has 0 fully saturated rings. The smallest absolute Gasteiger partial charge is 0.209 e. The first kappa shape index (κ1) is 18.7. The van der Waals surface area contributed by atoms with Gasteiger partial charge in [0.25, 0.3) is 0 Å². The SMILES string of the molecule is C[C@@H](NS(C)(=O)=O)c1ccc(CNC[C@@H]2COc3ccccc3O2)cc1. The summed E-state index contributed by atoms with van der Waals surface area (Å²) >= 11 is 0. The van der Waals surface area contributed by atoms with Gasteiger partial charge in [0, 0.05) is 19.1 Å². The van der Waals surface area contributed by atoms with Crippen LogP contribution in [0.2, 0.25) is 0 Å². The van der Waals surface area contributed by atoms with E-state index in [1.165, 1.54) is 0 Å². The molecule has 0 unspecified atom stereocenters. The largest absolute Gasteiger partial charge is 0.486 e. The lowest BCUT2D eigenvalue weighted by Gasteiger charge is -2.26. The van der Waals surface area contributed by atoms with Crippen molar-refractivity contribution in [1.29, 1.82) is 0 Å². The van der Waals surface area contributed by atoms with Gasteiger partial charge in [-0.1, -0.05) is 36.4 Å². The Morgan fingerprint density at radius 1 is 1.12 bits per heavy atom. The molecular weight excluding hydrogens is 352 g/mol. The molecule has 0 aromatic heterocycles. The zero-order valence-electron chi connectivity index (χ0n) is 14.9. The van der Waals surface area contributed by atoms with E-state index in [-0.39, 0.29) is 12.1 Å². The summed E-state index contributed by atoms with van der Waals surface area (Å²) in [6, 6.07) is 15.3. The molecule has 7 heteroatoms. The number of fused-ring (bicyclic) bond motifs is 1. The second kappa shape index (κ2) is 8.07. The van der Waals surface area contributed by atoms with Crippen molar-refractivity contribution < 1.29 is 17.9 Å². The molecule has 2 aromatic rings. The predicted octanol–water partition coefficient (Wildman–Crippen LogP) is 2.23. The van der Waals surface area contributed by atoms with E-state index < -0.39 is 10.0 Å². The molecule has 1 heterocycles. The van der Waals surface area contributed by atoms with Gasteiger partial charge in [0.15, 0.2) is 11.5 Å². The first-order valence-electron chi connectivity index (χ1n) is 8.56. The molecule has 1 aliphatic heterocycles. The Hall–Kier alpha value is -2.09. The Bertz CT molecular complexity index is 837. The molecule has 6 nitrogen and oxygen atoms in total. The topological polar surface area (TPSA) is 76.7 Å². The van der Waals surface area contributed by atoms with Gasteiger partial charge < -0.3 is 14.8 Å². The lowest BCUT2D eigenvalue weighted by atomic mass is 10.1. The van der Waals surface area contributed by atoms with Crippen molar-refractivity contribution in [2.24, 2.45) is 0 Å². The lowest BCUT2D eigenvalue weighted by molar-refractivity contribution is 0.0902. The Kier molecular flexibility index (Phi) is 5.80. The van der Waals surface area contributed by atoms with E-state index in [0.29, 0.717) is 19.7 Å². The van der Waals surface area contributed by atoms with E-state index in [4.69, 9.17) is 9.47 Å². The highest BCUT2D eigenvalue weighted by molar-refractivity contribution is 7.88. The quantitative estimate of drug-likeness (QED) is 0.775. The maximum absolute atomic E-state index is 11.3. The van der Waals surface area contributed by atoms with Crippen LogP contribution in [0.5, 0.6) is 11.5 Å². The van der Waals surface area contributed by atoms with Crippen LogP contribution in [0.15, 0.2) is 48.5 Å². The summed E-state index contributed by atoms with van der Waals surface area (Å²) in [7, 11) is -3.22. The first-order valence-corrected chi connectivity index (χ1v) is 10.5.